The van der Waals surface area contributed by atoms with Crippen molar-refractivity contribution in [1.29, 1.82) is 0 Å². The molecule has 0 aromatic heterocycles. The Hall–Kier alpha value is -0.593. The molecule has 4 rings (SSSR count). The lowest BCUT2D eigenvalue weighted by atomic mass is 9.83. The van der Waals surface area contributed by atoms with E-state index in [9.17, 15) is 4.79 Å². The molecule has 1 N–H and O–H groups in total. The second-order valence-corrected chi connectivity index (χ2v) is 18.3. The van der Waals surface area contributed by atoms with Gasteiger partial charge in [0.25, 0.3) is 0 Å². The normalized spacial score (nSPS) is 24.7. The molecule has 33 heavy (non-hydrogen) atoms. The van der Waals surface area contributed by atoms with E-state index in [-0.39, 0.29) is 11.8 Å². The molecule has 2 aliphatic heterocycles. The Kier molecular flexibility index (Phi) is 7.58. The molecule has 0 amide bonds. The van der Waals surface area contributed by atoms with Crippen LogP contribution in [0.1, 0.15) is 78.7 Å². The highest BCUT2D eigenvalue weighted by atomic mass is 35.5. The smallest absolute Gasteiger partial charge is 0.202 e. The molecule has 0 saturated heterocycles. The summed E-state index contributed by atoms with van der Waals surface area (Å²) < 4.78 is 7.69. The van der Waals surface area contributed by atoms with Crippen molar-refractivity contribution < 1.29 is 9.22 Å². The van der Waals surface area contributed by atoms with E-state index >= 15 is 0 Å². The summed E-state index contributed by atoms with van der Waals surface area (Å²) in [7, 11) is -2.27. The first-order valence-electron chi connectivity index (χ1n) is 12.7. The number of nitrogens with one attached hydrogen (secondary N) is 1. The number of rotatable bonds is 9. The second kappa shape index (κ2) is 9.81. The highest BCUT2D eigenvalue weighted by Crippen LogP contribution is 2.61. The Morgan fingerprint density at radius 3 is 2.30 bits per heavy atom. The van der Waals surface area contributed by atoms with Crippen LogP contribution in [0.5, 0.6) is 0 Å². The van der Waals surface area contributed by atoms with Crippen LogP contribution < -0.4 is 5.32 Å². The molecular formula is C27H40ClNO2SSi. The molecule has 1 aliphatic carbocycles. The van der Waals surface area contributed by atoms with Gasteiger partial charge < -0.3 is 9.74 Å². The van der Waals surface area contributed by atoms with Gasteiger partial charge in [0, 0.05) is 23.9 Å². The molecule has 0 spiro atoms. The van der Waals surface area contributed by atoms with Gasteiger partial charge in [0.1, 0.15) is 10.7 Å². The predicted octanol–water partition coefficient (Wildman–Crippen LogP) is 7.68. The second-order valence-electron chi connectivity index (χ2n) is 11.1. The maximum Gasteiger partial charge on any atom is 0.202 e. The Morgan fingerprint density at radius 1 is 1.12 bits per heavy atom. The van der Waals surface area contributed by atoms with Crippen molar-refractivity contribution in [1.82, 2.24) is 5.32 Å². The van der Waals surface area contributed by atoms with Crippen molar-refractivity contribution >= 4 is 37.5 Å². The Morgan fingerprint density at radius 2 is 1.76 bits per heavy atom. The summed E-state index contributed by atoms with van der Waals surface area (Å²) in [5.74, 6) is 0.149. The first-order valence-corrected chi connectivity index (χ1v) is 16.0. The number of thioether (sulfide) groups is 1. The lowest BCUT2D eigenvalue weighted by Gasteiger charge is -2.50. The van der Waals surface area contributed by atoms with E-state index in [4.69, 9.17) is 16.0 Å². The maximum absolute atomic E-state index is 14.1. The Balaban J connectivity index is 1.88. The molecule has 0 radical (unpaired) electrons. The van der Waals surface area contributed by atoms with Gasteiger partial charge in [-0.25, -0.2) is 0 Å². The summed E-state index contributed by atoms with van der Waals surface area (Å²) in [5, 5.41) is 4.24. The van der Waals surface area contributed by atoms with Gasteiger partial charge >= 0.3 is 0 Å². The van der Waals surface area contributed by atoms with Crippen molar-refractivity contribution in [2.45, 2.75) is 94.7 Å². The lowest BCUT2D eigenvalue weighted by molar-refractivity contribution is -0.124. The largest absolute Gasteiger partial charge is 0.400 e. The number of ketones is 1. The van der Waals surface area contributed by atoms with Gasteiger partial charge in [-0.1, -0.05) is 83.1 Å². The van der Waals surface area contributed by atoms with Gasteiger partial charge in [0.2, 0.25) is 8.32 Å². The number of benzene rings is 1. The third kappa shape index (κ3) is 4.65. The van der Waals surface area contributed by atoms with Crippen LogP contribution in [0.25, 0.3) is 0 Å². The van der Waals surface area contributed by atoms with Crippen LogP contribution >= 0.6 is 23.4 Å². The molecule has 3 nitrogen and oxygen atoms in total. The van der Waals surface area contributed by atoms with Crippen LogP contribution in [0, 0.1) is 5.92 Å². The number of halogens is 1. The fraction of sp³-hybridized carbons (Fsp3) is 0.667. The molecule has 1 aromatic rings. The van der Waals surface area contributed by atoms with Crippen LogP contribution in [0.15, 0.2) is 34.7 Å². The van der Waals surface area contributed by atoms with Gasteiger partial charge in [-0.15, -0.1) is 0 Å². The van der Waals surface area contributed by atoms with Gasteiger partial charge in [-0.05, 0) is 64.5 Å². The van der Waals surface area contributed by atoms with Crippen LogP contribution in [-0.2, 0) is 9.22 Å². The summed E-state index contributed by atoms with van der Waals surface area (Å²) in [5.41, 5.74) is 3.75. The topological polar surface area (TPSA) is 38.3 Å². The van der Waals surface area contributed by atoms with Crippen molar-refractivity contribution in [3.8, 4) is 0 Å². The van der Waals surface area contributed by atoms with E-state index in [1.165, 1.54) is 10.5 Å². The minimum Gasteiger partial charge on any atom is -0.400 e. The number of carbonyl (C=O) groups is 1. The zero-order valence-corrected chi connectivity index (χ0v) is 23.6. The van der Waals surface area contributed by atoms with E-state index in [2.05, 4.69) is 52.9 Å². The SMILES string of the molecule is CC(C)[Si](OC1(C(C(=O)C2CC2)c2ccccc2Cl)CC2=C(CCNC2)S1)(C(C)C)C(C)C. The third-order valence-electron chi connectivity index (χ3n) is 7.99. The summed E-state index contributed by atoms with van der Waals surface area (Å²) in [6.45, 7) is 15.9. The Bertz CT molecular complexity index is 885. The molecule has 1 fully saturated rings. The standard InChI is InChI=1S/C27H40ClNO2SSi/c1-17(2)33(18(3)4,19(5)6)31-27(15-21-16-29-14-13-24(21)32-27)25(26(30)20-11-12-20)22-9-7-8-10-23(22)28/h7-10,17-20,25,29H,11-16H2,1-6H3. The van der Waals surface area contributed by atoms with E-state index < -0.39 is 13.3 Å². The first-order chi connectivity index (χ1) is 15.6. The van der Waals surface area contributed by atoms with Crippen LogP contribution in [0.3, 0.4) is 0 Å². The van der Waals surface area contributed by atoms with Crippen molar-refractivity contribution in [3.05, 3.63) is 45.3 Å². The number of hydrogen-bond donors (Lipinski definition) is 1. The van der Waals surface area contributed by atoms with Gasteiger partial charge in [-0.3, -0.25) is 4.79 Å². The maximum atomic E-state index is 14.1. The highest BCUT2D eigenvalue weighted by molar-refractivity contribution is 8.04. The summed E-state index contributed by atoms with van der Waals surface area (Å²) in [6, 6.07) is 7.99. The van der Waals surface area contributed by atoms with Gasteiger partial charge in [0.05, 0.1) is 5.92 Å². The molecule has 2 unspecified atom stereocenters. The summed E-state index contributed by atoms with van der Waals surface area (Å²) in [6.07, 6.45) is 3.83. The molecule has 2 atom stereocenters. The fourth-order valence-corrected chi connectivity index (χ4v) is 14.2. The minimum atomic E-state index is -2.27. The van der Waals surface area contributed by atoms with Crippen molar-refractivity contribution in [2.24, 2.45) is 5.92 Å². The molecule has 2 heterocycles. The fourth-order valence-electron chi connectivity index (χ4n) is 6.39. The van der Waals surface area contributed by atoms with Crippen molar-refractivity contribution in [2.75, 3.05) is 13.1 Å². The monoisotopic (exact) mass is 505 g/mol. The summed E-state index contributed by atoms with van der Waals surface area (Å²) >= 11 is 8.69. The minimum absolute atomic E-state index is 0.149. The zero-order chi connectivity index (χ0) is 24.0. The van der Waals surface area contributed by atoms with Crippen LogP contribution in [0.4, 0.5) is 0 Å². The highest BCUT2D eigenvalue weighted by Gasteiger charge is 2.59. The molecule has 0 bridgehead atoms. The first kappa shape index (κ1) is 25.5. The van der Waals surface area contributed by atoms with Crippen molar-refractivity contribution in [3.63, 3.8) is 0 Å². The van der Waals surface area contributed by atoms with E-state index in [1.807, 2.05) is 30.0 Å². The predicted molar refractivity (Wildman–Crippen MR) is 144 cm³/mol. The third-order valence-corrected chi connectivity index (χ3v) is 16.2. The number of carbonyl (C=O) groups excluding carboxylic acids is 1. The van der Waals surface area contributed by atoms with Gasteiger partial charge in [-0.2, -0.15) is 0 Å². The molecule has 3 aliphatic rings. The molecule has 6 heteroatoms. The van der Waals surface area contributed by atoms with E-state index in [1.54, 1.807) is 0 Å². The average molecular weight is 506 g/mol. The molecule has 1 aromatic carbocycles. The van der Waals surface area contributed by atoms with E-state index in [0.717, 1.165) is 44.3 Å². The molecular weight excluding hydrogens is 466 g/mol. The zero-order valence-electron chi connectivity index (χ0n) is 21.0. The molecule has 182 valence electrons. The van der Waals surface area contributed by atoms with E-state index in [0.29, 0.717) is 27.4 Å². The summed E-state index contributed by atoms with van der Waals surface area (Å²) in [4.78, 5) is 14.9. The van der Waals surface area contributed by atoms with Crippen LogP contribution in [-0.4, -0.2) is 32.1 Å². The quantitative estimate of drug-likeness (QED) is 0.349. The molecule has 1 saturated carbocycles. The Labute approximate surface area is 210 Å². The number of Topliss-reactive ketones (excluding diaryl/α,β-unsaturated/α-hetero) is 1. The number of hydrogen-bond acceptors (Lipinski definition) is 4. The van der Waals surface area contributed by atoms with Gasteiger partial charge in [0.15, 0.2) is 0 Å². The van der Waals surface area contributed by atoms with Crippen LogP contribution in [0.2, 0.25) is 21.6 Å². The lowest BCUT2D eigenvalue weighted by Crippen LogP contribution is -2.56. The average Bonchev–Trinajstić information content (AvgIpc) is 3.54.